The number of nitrogens with zero attached hydrogens (tertiary/aromatic N) is 2. The maximum Gasteiger partial charge on any atom is 0.235 e. The largest absolute Gasteiger partial charge is 0.381 e. The van der Waals surface area contributed by atoms with E-state index < -0.39 is 5.41 Å². The number of benzene rings is 1. The van der Waals surface area contributed by atoms with Gasteiger partial charge in [0.25, 0.3) is 0 Å². The second-order valence-corrected chi connectivity index (χ2v) is 6.18. The first kappa shape index (κ1) is 16.0. The third kappa shape index (κ3) is 3.26. The monoisotopic (exact) mass is 333 g/mol. The summed E-state index contributed by atoms with van der Waals surface area (Å²) < 4.78 is 7.26. The predicted octanol–water partition coefficient (Wildman–Crippen LogP) is 3.24. The van der Waals surface area contributed by atoms with Gasteiger partial charge in [0.1, 0.15) is 0 Å². The number of ether oxygens (including phenoxy) is 1. The lowest BCUT2D eigenvalue weighted by molar-refractivity contribution is -0.125. The molecular formula is C17H20ClN3O2. The van der Waals surface area contributed by atoms with Crippen molar-refractivity contribution in [3.63, 3.8) is 0 Å². The Kier molecular flexibility index (Phi) is 4.68. The van der Waals surface area contributed by atoms with Crippen LogP contribution < -0.4 is 5.32 Å². The smallest absolute Gasteiger partial charge is 0.235 e. The molecule has 0 unspecified atom stereocenters. The van der Waals surface area contributed by atoms with Gasteiger partial charge < -0.3 is 10.1 Å². The SMILES string of the molecule is CCn1cc(NC(=O)C2(c3ccc(Cl)cc3)CCOCC2)cn1. The van der Waals surface area contributed by atoms with Gasteiger partial charge in [0.2, 0.25) is 5.91 Å². The van der Waals surface area contributed by atoms with Crippen LogP contribution in [-0.4, -0.2) is 28.9 Å². The molecule has 1 fully saturated rings. The number of aryl methyl sites for hydroxylation is 1. The summed E-state index contributed by atoms with van der Waals surface area (Å²) in [5.41, 5.74) is 1.11. The summed E-state index contributed by atoms with van der Waals surface area (Å²) >= 11 is 5.99. The van der Waals surface area contributed by atoms with Crippen LogP contribution in [0.15, 0.2) is 36.7 Å². The van der Waals surface area contributed by atoms with Crippen molar-refractivity contribution in [1.29, 1.82) is 0 Å². The number of halogens is 1. The lowest BCUT2D eigenvalue weighted by Crippen LogP contribution is -2.44. The quantitative estimate of drug-likeness (QED) is 0.934. The number of amides is 1. The van der Waals surface area contributed by atoms with Gasteiger partial charge >= 0.3 is 0 Å². The Morgan fingerprint density at radius 1 is 1.35 bits per heavy atom. The number of aromatic nitrogens is 2. The minimum atomic E-state index is -0.586. The van der Waals surface area contributed by atoms with Crippen LogP contribution >= 0.6 is 11.6 Å². The van der Waals surface area contributed by atoms with Crippen molar-refractivity contribution < 1.29 is 9.53 Å². The number of nitrogens with one attached hydrogen (secondary N) is 1. The van der Waals surface area contributed by atoms with E-state index in [0.717, 1.165) is 17.8 Å². The Morgan fingerprint density at radius 3 is 2.65 bits per heavy atom. The summed E-state index contributed by atoms with van der Waals surface area (Å²) in [5.74, 6) is -0.0150. The van der Waals surface area contributed by atoms with Gasteiger partial charge in [-0.15, -0.1) is 0 Å². The topological polar surface area (TPSA) is 56.2 Å². The van der Waals surface area contributed by atoms with E-state index in [1.165, 1.54) is 0 Å². The predicted molar refractivity (Wildman–Crippen MR) is 89.7 cm³/mol. The van der Waals surface area contributed by atoms with Crippen molar-refractivity contribution in [3.8, 4) is 0 Å². The van der Waals surface area contributed by atoms with Gasteiger partial charge in [0.05, 0.1) is 17.3 Å². The third-order valence-corrected chi connectivity index (χ3v) is 4.64. The zero-order valence-corrected chi connectivity index (χ0v) is 13.8. The summed E-state index contributed by atoms with van der Waals surface area (Å²) in [6.07, 6.45) is 4.83. The highest BCUT2D eigenvalue weighted by molar-refractivity contribution is 6.30. The van der Waals surface area contributed by atoms with Crippen LogP contribution in [0.5, 0.6) is 0 Å². The highest BCUT2D eigenvalue weighted by Crippen LogP contribution is 2.36. The first-order valence-corrected chi connectivity index (χ1v) is 8.19. The fraction of sp³-hybridized carbons (Fsp3) is 0.412. The molecule has 0 atom stereocenters. The number of hydrogen-bond acceptors (Lipinski definition) is 3. The van der Waals surface area contributed by atoms with Crippen molar-refractivity contribution in [2.45, 2.75) is 31.7 Å². The summed E-state index contributed by atoms with van der Waals surface area (Å²) in [5, 5.41) is 7.88. The van der Waals surface area contributed by atoms with Crippen LogP contribution in [0.2, 0.25) is 5.02 Å². The van der Waals surface area contributed by atoms with Gasteiger partial charge in [-0.3, -0.25) is 9.48 Å². The van der Waals surface area contributed by atoms with Gasteiger partial charge in [0, 0.05) is 31.0 Å². The van der Waals surface area contributed by atoms with E-state index >= 15 is 0 Å². The van der Waals surface area contributed by atoms with E-state index in [4.69, 9.17) is 16.3 Å². The third-order valence-electron chi connectivity index (χ3n) is 4.39. The average molecular weight is 334 g/mol. The molecule has 6 heteroatoms. The molecule has 23 heavy (non-hydrogen) atoms. The first-order valence-electron chi connectivity index (χ1n) is 7.82. The summed E-state index contributed by atoms with van der Waals surface area (Å²) in [6, 6.07) is 7.53. The van der Waals surface area contributed by atoms with Crippen LogP contribution in [-0.2, 0) is 21.5 Å². The lowest BCUT2D eigenvalue weighted by Gasteiger charge is -2.36. The van der Waals surface area contributed by atoms with E-state index in [1.54, 1.807) is 10.9 Å². The van der Waals surface area contributed by atoms with Crippen LogP contribution in [0, 0.1) is 0 Å². The molecule has 1 aromatic heterocycles. The van der Waals surface area contributed by atoms with Gasteiger partial charge in [0.15, 0.2) is 0 Å². The minimum absolute atomic E-state index is 0.0150. The standard InChI is InChI=1S/C17H20ClN3O2/c1-2-21-12-15(11-19-21)20-16(22)17(7-9-23-10-8-17)13-3-5-14(18)6-4-13/h3-6,11-12H,2,7-10H2,1H3,(H,20,22). The maximum atomic E-state index is 13.0. The molecule has 2 aromatic rings. The molecule has 1 aromatic carbocycles. The molecule has 2 heterocycles. The Bertz CT molecular complexity index is 675. The van der Waals surface area contributed by atoms with Crippen LogP contribution in [0.3, 0.4) is 0 Å². The number of carbonyl (C=O) groups is 1. The number of hydrogen-bond donors (Lipinski definition) is 1. The fourth-order valence-corrected chi connectivity index (χ4v) is 3.11. The molecule has 1 amide bonds. The van der Waals surface area contributed by atoms with Crippen molar-refractivity contribution in [1.82, 2.24) is 9.78 Å². The molecule has 0 bridgehead atoms. The summed E-state index contributed by atoms with van der Waals surface area (Å²) in [4.78, 5) is 13.0. The normalized spacial score (nSPS) is 17.0. The molecule has 122 valence electrons. The first-order chi connectivity index (χ1) is 11.1. The Balaban J connectivity index is 1.88. The second kappa shape index (κ2) is 6.72. The molecule has 1 aliphatic rings. The van der Waals surface area contributed by atoms with E-state index in [2.05, 4.69) is 10.4 Å². The molecule has 1 saturated heterocycles. The number of rotatable bonds is 4. The van der Waals surface area contributed by atoms with E-state index in [0.29, 0.717) is 31.1 Å². The van der Waals surface area contributed by atoms with E-state index in [1.807, 2.05) is 37.4 Å². The van der Waals surface area contributed by atoms with Crippen molar-refractivity contribution in [3.05, 3.63) is 47.2 Å². The maximum absolute atomic E-state index is 13.0. The summed E-state index contributed by atoms with van der Waals surface area (Å²) in [6.45, 7) is 3.92. The van der Waals surface area contributed by atoms with E-state index in [-0.39, 0.29) is 5.91 Å². The van der Waals surface area contributed by atoms with Crippen LogP contribution in [0.25, 0.3) is 0 Å². The number of carbonyl (C=O) groups excluding carboxylic acids is 1. The van der Waals surface area contributed by atoms with Gasteiger partial charge in [-0.25, -0.2) is 0 Å². The zero-order valence-electron chi connectivity index (χ0n) is 13.1. The molecule has 5 nitrogen and oxygen atoms in total. The highest BCUT2D eigenvalue weighted by Gasteiger charge is 2.41. The fourth-order valence-electron chi connectivity index (χ4n) is 2.99. The molecule has 0 radical (unpaired) electrons. The van der Waals surface area contributed by atoms with Crippen molar-refractivity contribution in [2.75, 3.05) is 18.5 Å². The Labute approximate surface area is 140 Å². The average Bonchev–Trinajstić information content (AvgIpc) is 3.03. The molecule has 1 aliphatic heterocycles. The van der Waals surface area contributed by atoms with Gasteiger partial charge in [-0.1, -0.05) is 23.7 Å². The Morgan fingerprint density at radius 2 is 2.04 bits per heavy atom. The molecular weight excluding hydrogens is 314 g/mol. The Hall–Kier alpha value is -1.85. The second-order valence-electron chi connectivity index (χ2n) is 5.74. The molecule has 0 aliphatic carbocycles. The molecule has 3 rings (SSSR count). The van der Waals surface area contributed by atoms with Gasteiger partial charge in [-0.2, -0.15) is 5.10 Å². The van der Waals surface area contributed by atoms with Crippen molar-refractivity contribution >= 4 is 23.2 Å². The minimum Gasteiger partial charge on any atom is -0.381 e. The lowest BCUT2D eigenvalue weighted by atomic mass is 9.73. The molecule has 1 N–H and O–H groups in total. The van der Waals surface area contributed by atoms with Crippen LogP contribution in [0.1, 0.15) is 25.3 Å². The summed E-state index contributed by atoms with van der Waals surface area (Å²) in [7, 11) is 0. The van der Waals surface area contributed by atoms with Crippen molar-refractivity contribution in [2.24, 2.45) is 0 Å². The van der Waals surface area contributed by atoms with E-state index in [9.17, 15) is 4.79 Å². The van der Waals surface area contributed by atoms with Gasteiger partial charge in [-0.05, 0) is 37.5 Å². The molecule has 0 saturated carbocycles. The zero-order chi connectivity index (χ0) is 16.3. The van der Waals surface area contributed by atoms with Crippen LogP contribution in [0.4, 0.5) is 5.69 Å². The number of anilines is 1. The molecule has 0 spiro atoms. The highest BCUT2D eigenvalue weighted by atomic mass is 35.5.